The molecule has 0 atom stereocenters. The summed E-state index contributed by atoms with van der Waals surface area (Å²) in [6.45, 7) is 10.5. The van der Waals surface area contributed by atoms with Crippen LogP contribution in [-0.2, 0) is 13.1 Å². The highest BCUT2D eigenvalue weighted by Crippen LogP contribution is 1.98. The van der Waals surface area contributed by atoms with Crippen LogP contribution in [0.2, 0.25) is 0 Å². The van der Waals surface area contributed by atoms with E-state index in [4.69, 9.17) is 0 Å². The van der Waals surface area contributed by atoms with Gasteiger partial charge in [0.05, 0.1) is 6.54 Å². The SMILES string of the molecule is CCn1ncnc1CNCCCCN(C)C(C)C. The van der Waals surface area contributed by atoms with Gasteiger partial charge >= 0.3 is 0 Å². The van der Waals surface area contributed by atoms with Gasteiger partial charge in [-0.3, -0.25) is 0 Å². The lowest BCUT2D eigenvalue weighted by Crippen LogP contribution is -2.28. The zero-order valence-corrected chi connectivity index (χ0v) is 12.2. The number of hydrogen-bond donors (Lipinski definition) is 1. The molecule has 0 amide bonds. The molecule has 0 fully saturated rings. The van der Waals surface area contributed by atoms with Crippen molar-refractivity contribution in [2.24, 2.45) is 0 Å². The number of aromatic nitrogens is 3. The van der Waals surface area contributed by atoms with Crippen molar-refractivity contribution < 1.29 is 0 Å². The molecule has 1 aromatic rings. The van der Waals surface area contributed by atoms with Gasteiger partial charge in [0.2, 0.25) is 0 Å². The first-order chi connectivity index (χ1) is 8.65. The Hall–Kier alpha value is -0.940. The maximum atomic E-state index is 4.24. The standard InChI is InChI=1S/C13H27N5/c1-5-18-13(15-11-16-18)10-14-8-6-7-9-17(4)12(2)3/h11-12,14H,5-10H2,1-4H3. The summed E-state index contributed by atoms with van der Waals surface area (Å²) in [6.07, 6.45) is 4.07. The normalized spacial score (nSPS) is 11.7. The molecule has 5 heteroatoms. The average Bonchev–Trinajstić information content (AvgIpc) is 2.80. The molecule has 0 aliphatic heterocycles. The van der Waals surface area contributed by atoms with Crippen molar-refractivity contribution in [2.75, 3.05) is 20.1 Å². The van der Waals surface area contributed by atoms with Gasteiger partial charge in [-0.25, -0.2) is 9.67 Å². The van der Waals surface area contributed by atoms with Crippen LogP contribution >= 0.6 is 0 Å². The van der Waals surface area contributed by atoms with Crippen molar-refractivity contribution in [3.63, 3.8) is 0 Å². The van der Waals surface area contributed by atoms with Crippen LogP contribution in [0.25, 0.3) is 0 Å². The van der Waals surface area contributed by atoms with Gasteiger partial charge in [0.1, 0.15) is 12.2 Å². The highest BCUT2D eigenvalue weighted by atomic mass is 15.3. The van der Waals surface area contributed by atoms with Gasteiger partial charge in [0.25, 0.3) is 0 Å². The predicted octanol–water partition coefficient (Wildman–Crippen LogP) is 1.51. The van der Waals surface area contributed by atoms with Crippen LogP contribution in [0.4, 0.5) is 0 Å². The summed E-state index contributed by atoms with van der Waals surface area (Å²) in [4.78, 5) is 6.62. The number of aryl methyl sites for hydroxylation is 1. The lowest BCUT2D eigenvalue weighted by molar-refractivity contribution is 0.268. The van der Waals surface area contributed by atoms with Gasteiger partial charge in [-0.1, -0.05) is 0 Å². The number of unbranched alkanes of at least 4 members (excludes halogenated alkanes) is 1. The summed E-state index contributed by atoms with van der Waals surface area (Å²) >= 11 is 0. The largest absolute Gasteiger partial charge is 0.310 e. The first-order valence-electron chi connectivity index (χ1n) is 6.92. The molecule has 0 spiro atoms. The molecule has 0 bridgehead atoms. The minimum Gasteiger partial charge on any atom is -0.310 e. The summed E-state index contributed by atoms with van der Waals surface area (Å²) in [6, 6.07) is 0.640. The van der Waals surface area contributed by atoms with Gasteiger partial charge in [0.15, 0.2) is 0 Å². The first-order valence-corrected chi connectivity index (χ1v) is 6.92. The van der Waals surface area contributed by atoms with Gasteiger partial charge in [-0.2, -0.15) is 5.10 Å². The average molecular weight is 253 g/mol. The van der Waals surface area contributed by atoms with Crippen LogP contribution in [0.3, 0.4) is 0 Å². The topological polar surface area (TPSA) is 46.0 Å². The zero-order chi connectivity index (χ0) is 13.4. The summed E-state index contributed by atoms with van der Waals surface area (Å²) < 4.78 is 1.93. The van der Waals surface area contributed by atoms with E-state index >= 15 is 0 Å². The molecule has 0 unspecified atom stereocenters. The molecular weight excluding hydrogens is 226 g/mol. The van der Waals surface area contributed by atoms with E-state index in [1.165, 1.54) is 19.4 Å². The van der Waals surface area contributed by atoms with E-state index in [1.54, 1.807) is 6.33 Å². The number of rotatable bonds is 9. The quantitative estimate of drug-likeness (QED) is 0.678. The number of hydrogen-bond acceptors (Lipinski definition) is 4. The Bertz CT molecular complexity index is 321. The maximum Gasteiger partial charge on any atom is 0.140 e. The molecule has 0 saturated carbocycles. The lowest BCUT2D eigenvalue weighted by atomic mass is 10.2. The molecule has 1 heterocycles. The van der Waals surface area contributed by atoms with Gasteiger partial charge in [0, 0.05) is 12.6 Å². The van der Waals surface area contributed by atoms with Crippen LogP contribution in [0.15, 0.2) is 6.33 Å². The van der Waals surface area contributed by atoms with Crippen LogP contribution in [0.5, 0.6) is 0 Å². The minimum atomic E-state index is 0.640. The monoisotopic (exact) mass is 253 g/mol. The second kappa shape index (κ2) is 8.21. The molecule has 1 aromatic heterocycles. The molecule has 5 nitrogen and oxygen atoms in total. The van der Waals surface area contributed by atoms with Crippen LogP contribution < -0.4 is 5.32 Å². The van der Waals surface area contributed by atoms with Crippen molar-refractivity contribution >= 4 is 0 Å². The van der Waals surface area contributed by atoms with Crippen molar-refractivity contribution in [1.29, 1.82) is 0 Å². The second-order valence-corrected chi connectivity index (χ2v) is 4.95. The predicted molar refractivity (Wildman–Crippen MR) is 74.4 cm³/mol. The van der Waals surface area contributed by atoms with Crippen molar-refractivity contribution in [3.8, 4) is 0 Å². The maximum absolute atomic E-state index is 4.24. The summed E-state index contributed by atoms with van der Waals surface area (Å²) in [7, 11) is 2.18. The summed E-state index contributed by atoms with van der Waals surface area (Å²) in [5.74, 6) is 1.02. The zero-order valence-electron chi connectivity index (χ0n) is 12.2. The van der Waals surface area contributed by atoms with Crippen molar-refractivity contribution in [1.82, 2.24) is 25.0 Å². The fraction of sp³-hybridized carbons (Fsp3) is 0.846. The molecular formula is C13H27N5. The summed E-state index contributed by atoms with van der Waals surface area (Å²) in [5, 5.41) is 7.57. The number of nitrogens with one attached hydrogen (secondary N) is 1. The van der Waals surface area contributed by atoms with E-state index in [9.17, 15) is 0 Å². The van der Waals surface area contributed by atoms with Crippen LogP contribution in [0, 0.1) is 0 Å². The fourth-order valence-corrected chi connectivity index (χ4v) is 1.76. The fourth-order valence-electron chi connectivity index (χ4n) is 1.76. The van der Waals surface area contributed by atoms with Crippen LogP contribution in [0.1, 0.15) is 39.4 Å². The Labute approximate surface area is 111 Å². The van der Waals surface area contributed by atoms with Crippen LogP contribution in [-0.4, -0.2) is 45.8 Å². The van der Waals surface area contributed by atoms with Crippen molar-refractivity contribution in [2.45, 2.75) is 52.7 Å². The van der Waals surface area contributed by atoms with Gasteiger partial charge < -0.3 is 10.2 Å². The van der Waals surface area contributed by atoms with Crippen molar-refractivity contribution in [3.05, 3.63) is 12.2 Å². The molecule has 18 heavy (non-hydrogen) atoms. The third kappa shape index (κ3) is 5.14. The third-order valence-electron chi connectivity index (χ3n) is 3.27. The van der Waals surface area contributed by atoms with E-state index in [0.717, 1.165) is 25.5 Å². The Balaban J connectivity index is 2.05. The van der Waals surface area contributed by atoms with Gasteiger partial charge in [-0.15, -0.1) is 0 Å². The molecule has 1 N–H and O–H groups in total. The highest BCUT2D eigenvalue weighted by Gasteiger charge is 2.03. The molecule has 1 rings (SSSR count). The number of nitrogens with zero attached hydrogens (tertiary/aromatic N) is 4. The summed E-state index contributed by atoms with van der Waals surface area (Å²) in [5.41, 5.74) is 0. The molecule has 0 aliphatic carbocycles. The minimum absolute atomic E-state index is 0.640. The Morgan fingerprint density at radius 1 is 1.39 bits per heavy atom. The molecule has 0 aromatic carbocycles. The highest BCUT2D eigenvalue weighted by molar-refractivity contribution is 4.83. The van der Waals surface area contributed by atoms with Gasteiger partial charge in [-0.05, 0) is 53.8 Å². The second-order valence-electron chi connectivity index (χ2n) is 4.95. The third-order valence-corrected chi connectivity index (χ3v) is 3.27. The molecule has 0 radical (unpaired) electrons. The van der Waals surface area contributed by atoms with E-state index in [0.29, 0.717) is 6.04 Å². The van der Waals surface area contributed by atoms with E-state index in [2.05, 4.69) is 48.1 Å². The lowest BCUT2D eigenvalue weighted by Gasteiger charge is -2.20. The molecule has 104 valence electrons. The van der Waals surface area contributed by atoms with E-state index in [-0.39, 0.29) is 0 Å². The smallest absolute Gasteiger partial charge is 0.140 e. The van der Waals surface area contributed by atoms with E-state index < -0.39 is 0 Å². The Morgan fingerprint density at radius 2 is 2.17 bits per heavy atom. The molecule has 0 aliphatic rings. The first kappa shape index (κ1) is 15.1. The Morgan fingerprint density at radius 3 is 2.83 bits per heavy atom. The Kier molecular flexibility index (Phi) is 6.90. The van der Waals surface area contributed by atoms with E-state index in [1.807, 2.05) is 4.68 Å². The molecule has 0 saturated heterocycles.